The second kappa shape index (κ2) is 2.82. The van der Waals surface area contributed by atoms with Crippen LogP contribution in [-0.2, 0) is 4.79 Å². The van der Waals surface area contributed by atoms with Crippen LogP contribution in [0.5, 0.6) is 0 Å². The Labute approximate surface area is 76.3 Å². The van der Waals surface area contributed by atoms with Gasteiger partial charge in [0.2, 0.25) is 0 Å². The smallest absolute Gasteiger partial charge is 0.306 e. The molecular formula is C9H13NO3. The topological polar surface area (TPSA) is 69.6 Å². The van der Waals surface area contributed by atoms with Crippen LogP contribution in [0.4, 0.5) is 0 Å². The highest BCUT2D eigenvalue weighted by Crippen LogP contribution is 2.41. The molecule has 72 valence electrons. The summed E-state index contributed by atoms with van der Waals surface area (Å²) in [7, 11) is 0. The van der Waals surface area contributed by atoms with E-state index in [1.54, 1.807) is 0 Å². The monoisotopic (exact) mass is 183 g/mol. The molecule has 0 aromatic carbocycles. The van der Waals surface area contributed by atoms with Gasteiger partial charge in [0.05, 0.1) is 17.6 Å². The van der Waals surface area contributed by atoms with Gasteiger partial charge in [-0.1, -0.05) is 12.2 Å². The van der Waals surface area contributed by atoms with Crippen molar-refractivity contribution in [3.63, 3.8) is 0 Å². The number of carbonyl (C=O) groups is 1. The normalized spacial score (nSPS) is 43.2. The first-order valence-electron chi connectivity index (χ1n) is 4.47. The second-order valence-corrected chi connectivity index (χ2v) is 3.86. The van der Waals surface area contributed by atoms with Crippen molar-refractivity contribution in [1.82, 2.24) is 5.32 Å². The van der Waals surface area contributed by atoms with Crippen LogP contribution < -0.4 is 5.32 Å². The van der Waals surface area contributed by atoms with Crippen LogP contribution in [0.3, 0.4) is 0 Å². The fourth-order valence-electron chi connectivity index (χ4n) is 2.06. The van der Waals surface area contributed by atoms with E-state index in [0.717, 1.165) is 6.54 Å². The zero-order valence-electron chi connectivity index (χ0n) is 7.23. The van der Waals surface area contributed by atoms with E-state index in [2.05, 4.69) is 5.32 Å². The third-order valence-electron chi connectivity index (χ3n) is 2.91. The lowest BCUT2D eigenvalue weighted by Crippen LogP contribution is -2.57. The van der Waals surface area contributed by atoms with Gasteiger partial charge in [-0.3, -0.25) is 4.79 Å². The highest BCUT2D eigenvalue weighted by atomic mass is 16.4. The van der Waals surface area contributed by atoms with Gasteiger partial charge < -0.3 is 15.5 Å². The number of carboxylic acids is 1. The largest absolute Gasteiger partial charge is 0.481 e. The average molecular weight is 183 g/mol. The summed E-state index contributed by atoms with van der Waals surface area (Å²) < 4.78 is 0. The minimum Gasteiger partial charge on any atom is -0.481 e. The molecular weight excluding hydrogens is 170 g/mol. The SMILES string of the molecule is O=C(O)C1CC(O)(C2C=CCN2)C1. The Kier molecular flexibility index (Phi) is 1.89. The second-order valence-electron chi connectivity index (χ2n) is 3.86. The number of aliphatic carboxylic acids is 1. The highest BCUT2D eigenvalue weighted by Gasteiger charge is 2.50. The molecule has 1 aliphatic heterocycles. The van der Waals surface area contributed by atoms with Crippen LogP contribution in [0.1, 0.15) is 12.8 Å². The van der Waals surface area contributed by atoms with E-state index < -0.39 is 11.6 Å². The molecule has 0 radical (unpaired) electrons. The molecule has 2 rings (SSSR count). The molecule has 1 atom stereocenters. The molecule has 1 heterocycles. The third kappa shape index (κ3) is 1.36. The van der Waals surface area contributed by atoms with Gasteiger partial charge in [0, 0.05) is 6.54 Å². The van der Waals surface area contributed by atoms with E-state index in [9.17, 15) is 9.90 Å². The van der Waals surface area contributed by atoms with Crippen molar-refractivity contribution in [3.8, 4) is 0 Å². The Balaban J connectivity index is 1.95. The predicted octanol–water partition coefficient (Wildman–Crippen LogP) is -0.260. The average Bonchev–Trinajstić information content (AvgIpc) is 2.49. The van der Waals surface area contributed by atoms with Crippen molar-refractivity contribution in [2.45, 2.75) is 24.5 Å². The van der Waals surface area contributed by atoms with Crippen molar-refractivity contribution in [3.05, 3.63) is 12.2 Å². The lowest BCUT2D eigenvalue weighted by atomic mass is 9.67. The van der Waals surface area contributed by atoms with E-state index in [1.165, 1.54) is 0 Å². The molecule has 0 amide bonds. The summed E-state index contributed by atoms with van der Waals surface area (Å²) in [6, 6.07) is -0.0527. The Bertz CT molecular complexity index is 256. The first-order chi connectivity index (χ1) is 6.12. The third-order valence-corrected chi connectivity index (χ3v) is 2.91. The Morgan fingerprint density at radius 1 is 1.54 bits per heavy atom. The van der Waals surface area contributed by atoms with Crippen LogP contribution in [0, 0.1) is 5.92 Å². The molecule has 3 N–H and O–H groups in total. The highest BCUT2D eigenvalue weighted by molar-refractivity contribution is 5.71. The van der Waals surface area contributed by atoms with Crippen LogP contribution in [-0.4, -0.2) is 34.4 Å². The Hall–Kier alpha value is -0.870. The van der Waals surface area contributed by atoms with Crippen molar-refractivity contribution < 1.29 is 15.0 Å². The maximum Gasteiger partial charge on any atom is 0.306 e. The Morgan fingerprint density at radius 3 is 2.69 bits per heavy atom. The number of aliphatic hydroxyl groups is 1. The fraction of sp³-hybridized carbons (Fsp3) is 0.667. The maximum absolute atomic E-state index is 10.5. The number of hydrogen-bond donors (Lipinski definition) is 3. The van der Waals surface area contributed by atoms with Gasteiger partial charge in [0.15, 0.2) is 0 Å². The molecule has 4 nitrogen and oxygen atoms in total. The molecule has 0 spiro atoms. The standard InChI is InChI=1S/C9H13NO3/c11-8(12)6-4-9(13,5-6)7-2-1-3-10-7/h1-2,6-7,10,13H,3-5H2,(H,11,12). The van der Waals surface area contributed by atoms with Gasteiger partial charge >= 0.3 is 5.97 Å². The van der Waals surface area contributed by atoms with Crippen molar-refractivity contribution >= 4 is 5.97 Å². The van der Waals surface area contributed by atoms with Gasteiger partial charge in [-0.05, 0) is 12.8 Å². The summed E-state index contributed by atoms with van der Waals surface area (Å²) >= 11 is 0. The van der Waals surface area contributed by atoms with E-state index in [-0.39, 0.29) is 12.0 Å². The maximum atomic E-state index is 10.5. The van der Waals surface area contributed by atoms with Crippen LogP contribution >= 0.6 is 0 Å². The summed E-state index contributed by atoms with van der Waals surface area (Å²) in [6.07, 6.45) is 4.60. The first-order valence-corrected chi connectivity index (χ1v) is 4.47. The Morgan fingerprint density at radius 2 is 2.23 bits per heavy atom. The van der Waals surface area contributed by atoms with Crippen molar-refractivity contribution in [2.75, 3.05) is 6.54 Å². The van der Waals surface area contributed by atoms with E-state index >= 15 is 0 Å². The van der Waals surface area contributed by atoms with Crippen LogP contribution in [0.25, 0.3) is 0 Å². The summed E-state index contributed by atoms with van der Waals surface area (Å²) in [5, 5.41) is 21.7. The van der Waals surface area contributed by atoms with Gasteiger partial charge in [-0.2, -0.15) is 0 Å². The minimum absolute atomic E-state index is 0.0527. The van der Waals surface area contributed by atoms with Crippen LogP contribution in [0.15, 0.2) is 12.2 Å². The van der Waals surface area contributed by atoms with Gasteiger partial charge in [0.1, 0.15) is 0 Å². The van der Waals surface area contributed by atoms with Crippen LogP contribution in [0.2, 0.25) is 0 Å². The number of rotatable bonds is 2. The summed E-state index contributed by atoms with van der Waals surface area (Å²) in [4.78, 5) is 10.5. The molecule has 4 heteroatoms. The lowest BCUT2D eigenvalue weighted by Gasteiger charge is -2.45. The molecule has 0 aromatic rings. The molecule has 0 saturated heterocycles. The molecule has 2 aliphatic rings. The van der Waals surface area contributed by atoms with Gasteiger partial charge in [0.25, 0.3) is 0 Å². The van der Waals surface area contributed by atoms with E-state index in [0.29, 0.717) is 12.8 Å². The lowest BCUT2D eigenvalue weighted by molar-refractivity contribution is -0.160. The summed E-state index contributed by atoms with van der Waals surface area (Å²) in [5.74, 6) is -1.16. The van der Waals surface area contributed by atoms with Crippen molar-refractivity contribution in [2.24, 2.45) is 5.92 Å². The van der Waals surface area contributed by atoms with Gasteiger partial charge in [-0.15, -0.1) is 0 Å². The number of nitrogens with one attached hydrogen (secondary N) is 1. The summed E-state index contributed by atoms with van der Waals surface area (Å²) in [5.41, 5.74) is -0.823. The number of hydrogen-bond acceptors (Lipinski definition) is 3. The molecule has 1 fully saturated rings. The molecule has 1 aliphatic carbocycles. The molecule has 1 unspecified atom stereocenters. The number of carboxylic acid groups (broad SMARTS) is 1. The molecule has 0 bridgehead atoms. The zero-order chi connectivity index (χ0) is 9.47. The van der Waals surface area contributed by atoms with E-state index in [1.807, 2.05) is 12.2 Å². The predicted molar refractivity (Wildman–Crippen MR) is 46.2 cm³/mol. The fourth-order valence-corrected chi connectivity index (χ4v) is 2.06. The quantitative estimate of drug-likeness (QED) is 0.516. The zero-order valence-corrected chi connectivity index (χ0v) is 7.23. The summed E-state index contributed by atoms with van der Waals surface area (Å²) in [6.45, 7) is 0.769. The van der Waals surface area contributed by atoms with Crippen molar-refractivity contribution in [1.29, 1.82) is 0 Å². The molecule has 1 saturated carbocycles. The first kappa shape index (κ1) is 8.72. The van der Waals surface area contributed by atoms with Gasteiger partial charge in [-0.25, -0.2) is 0 Å². The molecule has 0 aromatic heterocycles. The minimum atomic E-state index is -0.823. The van der Waals surface area contributed by atoms with E-state index in [4.69, 9.17) is 5.11 Å². The molecule has 13 heavy (non-hydrogen) atoms.